The third-order valence-electron chi connectivity index (χ3n) is 4.16. The summed E-state index contributed by atoms with van der Waals surface area (Å²) in [6.07, 6.45) is 1.34. The van der Waals surface area contributed by atoms with Crippen LogP contribution in [-0.2, 0) is 11.3 Å². The van der Waals surface area contributed by atoms with Gasteiger partial charge in [-0.2, -0.15) is 5.26 Å². The largest absolute Gasteiger partial charge is 0.493 e. The van der Waals surface area contributed by atoms with Crippen molar-refractivity contribution in [3.63, 3.8) is 0 Å². The van der Waals surface area contributed by atoms with Crippen molar-refractivity contribution in [1.82, 2.24) is 9.55 Å². The fraction of sp³-hybridized carbons (Fsp3) is 0.100. The Morgan fingerprint density at radius 2 is 2.14 bits per heavy atom. The lowest BCUT2D eigenvalue weighted by Crippen LogP contribution is -2.26. The maximum Gasteiger partial charge on any atom is 0.331 e. The molecule has 0 aliphatic carbocycles. The fourth-order valence-electron chi connectivity index (χ4n) is 2.81. The molecule has 0 fully saturated rings. The number of carbonyl (C=O) groups excluding carboxylic acids is 1. The molecule has 3 heterocycles. The first kappa shape index (κ1) is 18.9. The van der Waals surface area contributed by atoms with Crippen LogP contribution in [0.25, 0.3) is 20.7 Å². The molecule has 9 heteroatoms. The molecule has 4 aromatic rings. The van der Waals surface area contributed by atoms with E-state index in [-0.39, 0.29) is 23.6 Å². The third kappa shape index (κ3) is 3.63. The second kappa shape index (κ2) is 7.87. The normalized spacial score (nSPS) is 10.6. The maximum atomic E-state index is 13.0. The number of carbonyl (C=O) groups is 1. The van der Waals surface area contributed by atoms with Crippen LogP contribution in [0, 0.1) is 11.3 Å². The molecule has 0 unspecified atom stereocenters. The Kier molecular flexibility index (Phi) is 5.12. The second-order valence-electron chi connectivity index (χ2n) is 5.94. The zero-order valence-corrected chi connectivity index (χ0v) is 16.8. The van der Waals surface area contributed by atoms with Crippen LogP contribution in [0.4, 0.5) is 0 Å². The monoisotopic (exact) mass is 423 g/mol. The Balaban J connectivity index is 1.62. The van der Waals surface area contributed by atoms with Gasteiger partial charge in [0.1, 0.15) is 11.4 Å². The SMILES string of the molecule is COc1cc(C#N)ccc1OC(=O)Cn1cnc2scc(-c3cccs3)c2c1=O. The summed E-state index contributed by atoms with van der Waals surface area (Å²) >= 11 is 2.92. The number of ether oxygens (including phenoxy) is 2. The lowest BCUT2D eigenvalue weighted by molar-refractivity contribution is -0.135. The van der Waals surface area contributed by atoms with Gasteiger partial charge in [-0.25, -0.2) is 9.78 Å². The molecule has 0 spiro atoms. The van der Waals surface area contributed by atoms with E-state index in [1.165, 1.54) is 58.9 Å². The van der Waals surface area contributed by atoms with Crippen molar-refractivity contribution < 1.29 is 14.3 Å². The molecule has 0 aliphatic rings. The molecule has 0 aliphatic heterocycles. The van der Waals surface area contributed by atoms with Crippen molar-refractivity contribution in [3.8, 4) is 28.0 Å². The number of methoxy groups -OCH3 is 1. The highest BCUT2D eigenvalue weighted by Crippen LogP contribution is 2.33. The van der Waals surface area contributed by atoms with Crippen molar-refractivity contribution in [1.29, 1.82) is 5.26 Å². The molecule has 0 saturated heterocycles. The molecular formula is C20H13N3O4S2. The molecule has 7 nitrogen and oxygen atoms in total. The fourth-order valence-corrected chi connectivity index (χ4v) is 4.53. The van der Waals surface area contributed by atoms with Crippen molar-refractivity contribution in [3.05, 3.63) is 63.3 Å². The molecule has 0 bridgehead atoms. The average molecular weight is 423 g/mol. The van der Waals surface area contributed by atoms with E-state index in [0.29, 0.717) is 15.8 Å². The minimum Gasteiger partial charge on any atom is -0.493 e. The van der Waals surface area contributed by atoms with Crippen LogP contribution < -0.4 is 15.0 Å². The molecule has 0 saturated carbocycles. The molecular weight excluding hydrogens is 410 g/mol. The minimum atomic E-state index is -0.649. The number of esters is 1. The number of nitrogens with zero attached hydrogens (tertiary/aromatic N) is 3. The summed E-state index contributed by atoms with van der Waals surface area (Å²) in [4.78, 5) is 31.3. The molecule has 29 heavy (non-hydrogen) atoms. The third-order valence-corrected chi connectivity index (χ3v) is 5.95. The van der Waals surface area contributed by atoms with E-state index in [0.717, 1.165) is 10.4 Å². The predicted octanol–water partition coefficient (Wildman–Crippen LogP) is 3.67. The number of hydrogen-bond acceptors (Lipinski definition) is 8. The highest BCUT2D eigenvalue weighted by Gasteiger charge is 2.17. The molecule has 0 radical (unpaired) electrons. The predicted molar refractivity (Wildman–Crippen MR) is 111 cm³/mol. The van der Waals surface area contributed by atoms with Crippen molar-refractivity contribution in [2.24, 2.45) is 0 Å². The van der Waals surface area contributed by atoms with Crippen molar-refractivity contribution >= 4 is 38.9 Å². The Labute approximate surface area is 173 Å². The van der Waals surface area contributed by atoms with Gasteiger partial charge in [0.15, 0.2) is 11.5 Å². The Bertz CT molecular complexity index is 1300. The first-order valence-corrected chi connectivity index (χ1v) is 10.2. The number of hydrogen-bond donors (Lipinski definition) is 0. The molecule has 144 valence electrons. The van der Waals surface area contributed by atoms with E-state index in [2.05, 4.69) is 4.98 Å². The lowest BCUT2D eigenvalue weighted by atomic mass is 10.2. The lowest BCUT2D eigenvalue weighted by Gasteiger charge is -2.10. The van der Waals surface area contributed by atoms with Crippen LogP contribution in [0.15, 0.2) is 52.2 Å². The van der Waals surface area contributed by atoms with E-state index in [1.807, 2.05) is 29.0 Å². The molecule has 0 atom stereocenters. The number of fused-ring (bicyclic) bond motifs is 1. The molecule has 3 aromatic heterocycles. The van der Waals surface area contributed by atoms with E-state index in [9.17, 15) is 9.59 Å². The summed E-state index contributed by atoms with van der Waals surface area (Å²) < 4.78 is 11.7. The highest BCUT2D eigenvalue weighted by molar-refractivity contribution is 7.18. The summed E-state index contributed by atoms with van der Waals surface area (Å²) in [7, 11) is 1.42. The van der Waals surface area contributed by atoms with Gasteiger partial charge in [-0.1, -0.05) is 6.07 Å². The molecule has 4 rings (SSSR count). The molecule has 0 amide bonds. The van der Waals surface area contributed by atoms with Gasteiger partial charge in [-0.15, -0.1) is 22.7 Å². The zero-order valence-electron chi connectivity index (χ0n) is 15.1. The van der Waals surface area contributed by atoms with Gasteiger partial charge in [-0.05, 0) is 23.6 Å². The Morgan fingerprint density at radius 3 is 2.86 bits per heavy atom. The number of thiophene rings is 2. The standard InChI is InChI=1S/C20H13N3O4S2/c1-26-15-7-12(8-21)4-5-14(15)27-17(24)9-23-11-22-19-18(20(23)25)13(10-29-19)16-3-2-6-28-16/h2-7,10-11H,9H2,1H3. The number of nitriles is 1. The van der Waals surface area contributed by atoms with Gasteiger partial charge in [0.2, 0.25) is 0 Å². The van der Waals surface area contributed by atoms with Crippen LogP contribution in [0.3, 0.4) is 0 Å². The van der Waals surface area contributed by atoms with Crippen molar-refractivity contribution in [2.45, 2.75) is 6.54 Å². The first-order chi connectivity index (χ1) is 14.1. The van der Waals surface area contributed by atoms with Crippen LogP contribution in [-0.4, -0.2) is 22.6 Å². The quantitative estimate of drug-likeness (QED) is 0.359. The van der Waals surface area contributed by atoms with Gasteiger partial charge in [0.05, 0.1) is 30.5 Å². The van der Waals surface area contributed by atoms with Crippen molar-refractivity contribution in [2.75, 3.05) is 7.11 Å². The van der Waals surface area contributed by atoms with Gasteiger partial charge in [-0.3, -0.25) is 9.36 Å². The summed E-state index contributed by atoms with van der Waals surface area (Å²) in [5.41, 5.74) is 0.892. The zero-order chi connectivity index (χ0) is 20.4. The topological polar surface area (TPSA) is 94.2 Å². The van der Waals surface area contributed by atoms with Gasteiger partial charge in [0.25, 0.3) is 5.56 Å². The van der Waals surface area contributed by atoms with Crippen LogP contribution in [0.1, 0.15) is 5.56 Å². The number of rotatable bonds is 5. The van der Waals surface area contributed by atoms with Crippen LogP contribution in [0.2, 0.25) is 0 Å². The van der Waals surface area contributed by atoms with E-state index >= 15 is 0 Å². The van der Waals surface area contributed by atoms with E-state index in [1.54, 1.807) is 0 Å². The summed E-state index contributed by atoms with van der Waals surface area (Å²) in [6.45, 7) is -0.301. The van der Waals surface area contributed by atoms with E-state index < -0.39 is 5.97 Å². The highest BCUT2D eigenvalue weighted by atomic mass is 32.1. The van der Waals surface area contributed by atoms with Gasteiger partial charge >= 0.3 is 5.97 Å². The molecule has 1 aromatic carbocycles. The summed E-state index contributed by atoms with van der Waals surface area (Å²) in [5, 5.41) is 13.3. The van der Waals surface area contributed by atoms with Gasteiger partial charge in [0, 0.05) is 21.9 Å². The average Bonchev–Trinajstić information content (AvgIpc) is 3.40. The van der Waals surface area contributed by atoms with Crippen LogP contribution in [0.5, 0.6) is 11.5 Å². The minimum absolute atomic E-state index is 0.174. The summed E-state index contributed by atoms with van der Waals surface area (Å²) in [6, 6.07) is 10.3. The number of aromatic nitrogens is 2. The van der Waals surface area contributed by atoms with Gasteiger partial charge < -0.3 is 9.47 Å². The second-order valence-corrected chi connectivity index (χ2v) is 7.74. The summed E-state index contributed by atoms with van der Waals surface area (Å²) in [5.74, 6) is -0.214. The van der Waals surface area contributed by atoms with Crippen LogP contribution >= 0.6 is 22.7 Å². The van der Waals surface area contributed by atoms with E-state index in [4.69, 9.17) is 14.7 Å². The number of benzene rings is 1. The first-order valence-electron chi connectivity index (χ1n) is 8.40. The Hall–Kier alpha value is -3.48. The maximum absolute atomic E-state index is 13.0. The molecule has 0 N–H and O–H groups in total. The Morgan fingerprint density at radius 1 is 1.28 bits per heavy atom. The smallest absolute Gasteiger partial charge is 0.331 e.